The molecule has 24 heavy (non-hydrogen) atoms. The van der Waals surface area contributed by atoms with Crippen molar-refractivity contribution in [3.05, 3.63) is 35.7 Å². The normalized spacial score (nSPS) is 16.2. The molecule has 7 heteroatoms. The molecule has 1 atom stereocenters. The zero-order valence-corrected chi connectivity index (χ0v) is 13.9. The number of nitrogens with zero attached hydrogens (tertiary/aromatic N) is 3. The first-order valence-electron chi connectivity index (χ1n) is 8.11. The van der Waals surface area contributed by atoms with E-state index in [1.54, 1.807) is 17.0 Å². The summed E-state index contributed by atoms with van der Waals surface area (Å²) in [6.07, 6.45) is -0.213. The molecule has 1 unspecified atom stereocenters. The second-order valence-corrected chi connectivity index (χ2v) is 5.54. The summed E-state index contributed by atoms with van der Waals surface area (Å²) in [6, 6.07) is 7.19. The van der Waals surface area contributed by atoms with Crippen molar-refractivity contribution in [1.29, 1.82) is 0 Å². The average molecular weight is 331 g/mol. The minimum absolute atomic E-state index is 0.0148. The number of benzene rings is 1. The van der Waals surface area contributed by atoms with E-state index in [0.29, 0.717) is 50.2 Å². The number of ether oxygens (including phenoxy) is 2. The van der Waals surface area contributed by atoms with E-state index in [2.05, 4.69) is 10.1 Å². The van der Waals surface area contributed by atoms with Crippen LogP contribution in [0, 0.1) is 0 Å². The molecule has 0 radical (unpaired) electrons. The van der Waals surface area contributed by atoms with Crippen LogP contribution in [0.25, 0.3) is 11.5 Å². The van der Waals surface area contributed by atoms with E-state index in [1.807, 2.05) is 26.0 Å². The maximum atomic E-state index is 12.4. The molecule has 1 fully saturated rings. The largest absolute Gasteiger partial charge is 0.378 e. The summed E-state index contributed by atoms with van der Waals surface area (Å²) in [5, 5.41) is 3.94. The van der Waals surface area contributed by atoms with Crippen molar-refractivity contribution in [2.45, 2.75) is 20.0 Å². The van der Waals surface area contributed by atoms with Crippen LogP contribution in [-0.2, 0) is 9.47 Å². The molecule has 0 bridgehead atoms. The summed E-state index contributed by atoms with van der Waals surface area (Å²) >= 11 is 0. The first-order chi connectivity index (χ1) is 11.7. The van der Waals surface area contributed by atoms with Gasteiger partial charge in [-0.1, -0.05) is 5.16 Å². The van der Waals surface area contributed by atoms with E-state index in [4.69, 9.17) is 14.0 Å². The van der Waals surface area contributed by atoms with Crippen LogP contribution in [0.5, 0.6) is 0 Å². The van der Waals surface area contributed by atoms with Gasteiger partial charge in [-0.2, -0.15) is 4.98 Å². The number of carbonyl (C=O) groups excluding carboxylic acids is 1. The molecule has 1 aromatic carbocycles. The average Bonchev–Trinajstić information content (AvgIpc) is 3.12. The molecule has 0 aliphatic carbocycles. The molecule has 1 aromatic heterocycles. The van der Waals surface area contributed by atoms with E-state index in [9.17, 15) is 4.79 Å². The molecule has 0 spiro atoms. The summed E-state index contributed by atoms with van der Waals surface area (Å²) < 4.78 is 16.0. The topological polar surface area (TPSA) is 77.7 Å². The highest BCUT2D eigenvalue weighted by Gasteiger charge is 2.19. The highest BCUT2D eigenvalue weighted by Crippen LogP contribution is 2.21. The van der Waals surface area contributed by atoms with Crippen molar-refractivity contribution in [1.82, 2.24) is 15.0 Å². The first kappa shape index (κ1) is 16.6. The quantitative estimate of drug-likeness (QED) is 0.836. The third kappa shape index (κ3) is 3.63. The van der Waals surface area contributed by atoms with Crippen molar-refractivity contribution >= 4 is 5.91 Å². The lowest BCUT2D eigenvalue weighted by Gasteiger charge is -2.26. The van der Waals surface area contributed by atoms with Crippen LogP contribution in [-0.4, -0.2) is 53.9 Å². The van der Waals surface area contributed by atoms with Gasteiger partial charge in [0, 0.05) is 30.8 Å². The van der Waals surface area contributed by atoms with Crippen LogP contribution in [0.15, 0.2) is 28.8 Å². The van der Waals surface area contributed by atoms with Crippen LogP contribution < -0.4 is 0 Å². The van der Waals surface area contributed by atoms with Crippen molar-refractivity contribution in [2.24, 2.45) is 0 Å². The van der Waals surface area contributed by atoms with E-state index in [-0.39, 0.29) is 12.0 Å². The molecule has 128 valence electrons. The number of carbonyl (C=O) groups is 1. The Morgan fingerprint density at radius 3 is 2.67 bits per heavy atom. The SMILES string of the molecule is CCOC(C)c1noc(-c2ccc(C(=O)N3CCOCC3)cc2)n1. The second-order valence-electron chi connectivity index (χ2n) is 5.54. The molecule has 2 heterocycles. The molecule has 7 nitrogen and oxygen atoms in total. The molecule has 1 aliphatic heterocycles. The number of amides is 1. The molecule has 1 amide bonds. The third-order valence-electron chi connectivity index (χ3n) is 3.90. The highest BCUT2D eigenvalue weighted by atomic mass is 16.5. The molecule has 2 aromatic rings. The fourth-order valence-corrected chi connectivity index (χ4v) is 2.55. The van der Waals surface area contributed by atoms with Crippen molar-refractivity contribution in [3.8, 4) is 11.5 Å². The predicted molar refractivity (Wildman–Crippen MR) is 86.5 cm³/mol. The number of rotatable bonds is 5. The van der Waals surface area contributed by atoms with Crippen LogP contribution in [0.3, 0.4) is 0 Å². The Morgan fingerprint density at radius 1 is 1.29 bits per heavy atom. The molecule has 1 aliphatic rings. The summed E-state index contributed by atoms with van der Waals surface area (Å²) in [5.41, 5.74) is 1.42. The zero-order valence-electron chi connectivity index (χ0n) is 13.9. The lowest BCUT2D eigenvalue weighted by Crippen LogP contribution is -2.40. The minimum atomic E-state index is -0.213. The Balaban J connectivity index is 1.71. The maximum Gasteiger partial charge on any atom is 0.258 e. The fourth-order valence-electron chi connectivity index (χ4n) is 2.55. The smallest absolute Gasteiger partial charge is 0.258 e. The third-order valence-corrected chi connectivity index (χ3v) is 3.90. The van der Waals surface area contributed by atoms with Gasteiger partial charge >= 0.3 is 0 Å². The summed E-state index contributed by atoms with van der Waals surface area (Å²) in [7, 11) is 0. The standard InChI is InChI=1S/C17H21N3O4/c1-3-23-12(2)15-18-16(24-19-15)13-4-6-14(7-5-13)17(21)20-8-10-22-11-9-20/h4-7,12H,3,8-11H2,1-2H3. The molecule has 0 saturated carbocycles. The van der Waals surface area contributed by atoms with E-state index in [0.717, 1.165) is 5.56 Å². The Labute approximate surface area is 140 Å². The molecule has 0 N–H and O–H groups in total. The van der Waals surface area contributed by atoms with Crippen molar-refractivity contribution in [3.63, 3.8) is 0 Å². The van der Waals surface area contributed by atoms with Crippen molar-refractivity contribution in [2.75, 3.05) is 32.9 Å². The van der Waals surface area contributed by atoms with Gasteiger partial charge in [0.05, 0.1) is 13.2 Å². The summed E-state index contributed by atoms with van der Waals surface area (Å²) in [4.78, 5) is 18.6. The van der Waals surface area contributed by atoms with Gasteiger partial charge in [-0.3, -0.25) is 4.79 Å². The minimum Gasteiger partial charge on any atom is -0.378 e. The number of hydrogen-bond acceptors (Lipinski definition) is 6. The predicted octanol–water partition coefficient (Wildman–Crippen LogP) is 2.31. The van der Waals surface area contributed by atoms with E-state index in [1.165, 1.54) is 0 Å². The van der Waals surface area contributed by atoms with Crippen LogP contribution >= 0.6 is 0 Å². The highest BCUT2D eigenvalue weighted by molar-refractivity contribution is 5.94. The van der Waals surface area contributed by atoms with Crippen LogP contribution in [0.4, 0.5) is 0 Å². The second kappa shape index (κ2) is 7.55. The van der Waals surface area contributed by atoms with E-state index < -0.39 is 0 Å². The lowest BCUT2D eigenvalue weighted by atomic mass is 10.1. The van der Waals surface area contributed by atoms with Gasteiger partial charge in [0.2, 0.25) is 5.82 Å². The molecular weight excluding hydrogens is 310 g/mol. The fraction of sp³-hybridized carbons (Fsp3) is 0.471. The lowest BCUT2D eigenvalue weighted by molar-refractivity contribution is 0.0303. The molecular formula is C17H21N3O4. The van der Waals surface area contributed by atoms with Gasteiger partial charge in [-0.05, 0) is 38.1 Å². The molecule has 1 saturated heterocycles. The monoisotopic (exact) mass is 331 g/mol. The maximum absolute atomic E-state index is 12.4. The van der Waals surface area contributed by atoms with Gasteiger partial charge in [0.15, 0.2) is 0 Å². The number of hydrogen-bond donors (Lipinski definition) is 0. The van der Waals surface area contributed by atoms with Gasteiger partial charge in [-0.15, -0.1) is 0 Å². The van der Waals surface area contributed by atoms with E-state index >= 15 is 0 Å². The zero-order chi connectivity index (χ0) is 16.9. The summed E-state index contributed by atoms with van der Waals surface area (Å²) in [6.45, 7) is 6.82. The van der Waals surface area contributed by atoms with Crippen molar-refractivity contribution < 1.29 is 18.8 Å². The van der Waals surface area contributed by atoms with Gasteiger partial charge in [0.1, 0.15) is 6.10 Å². The van der Waals surface area contributed by atoms with Gasteiger partial charge in [0.25, 0.3) is 11.8 Å². The Kier molecular flexibility index (Phi) is 5.22. The van der Waals surface area contributed by atoms with Gasteiger partial charge in [-0.25, -0.2) is 0 Å². The Bertz CT molecular complexity index is 677. The first-order valence-corrected chi connectivity index (χ1v) is 8.11. The number of morpholine rings is 1. The molecule has 3 rings (SSSR count). The van der Waals surface area contributed by atoms with Crippen LogP contribution in [0.1, 0.15) is 36.1 Å². The Morgan fingerprint density at radius 2 is 2.00 bits per heavy atom. The summed E-state index contributed by atoms with van der Waals surface area (Å²) in [5.74, 6) is 0.947. The number of aromatic nitrogens is 2. The van der Waals surface area contributed by atoms with Gasteiger partial charge < -0.3 is 18.9 Å². The Hall–Kier alpha value is -2.25. The van der Waals surface area contributed by atoms with Crippen LogP contribution in [0.2, 0.25) is 0 Å².